The van der Waals surface area contributed by atoms with Crippen molar-refractivity contribution in [2.24, 2.45) is 0 Å². The van der Waals surface area contributed by atoms with Gasteiger partial charge in [0.1, 0.15) is 17.2 Å². The molecule has 2 heterocycles. The first-order valence-electron chi connectivity index (χ1n) is 4.97. The van der Waals surface area contributed by atoms with Crippen LogP contribution in [0.2, 0.25) is 5.15 Å². The fourth-order valence-corrected chi connectivity index (χ4v) is 1.46. The molecule has 0 aliphatic carbocycles. The second kappa shape index (κ2) is 4.53. The molecule has 0 atom stereocenters. The van der Waals surface area contributed by atoms with Gasteiger partial charge in [-0.1, -0.05) is 25.4 Å². The molecule has 0 radical (unpaired) electrons. The average molecular weight is 235 g/mol. The van der Waals surface area contributed by atoms with Gasteiger partial charge in [-0.05, 0) is 18.1 Å². The molecule has 2 rings (SSSR count). The summed E-state index contributed by atoms with van der Waals surface area (Å²) in [5.41, 5.74) is 1.59. The van der Waals surface area contributed by atoms with Gasteiger partial charge in [0, 0.05) is 11.9 Å². The third-order valence-corrected chi connectivity index (χ3v) is 2.31. The van der Waals surface area contributed by atoms with Crippen molar-refractivity contribution >= 4 is 11.6 Å². The average Bonchev–Trinajstić information content (AvgIpc) is 2.29. The summed E-state index contributed by atoms with van der Waals surface area (Å²) in [5.74, 6) is 0.847. The molecule has 2 aromatic heterocycles. The van der Waals surface area contributed by atoms with Crippen molar-refractivity contribution in [3.8, 4) is 11.5 Å². The Bertz CT molecular complexity index is 485. The van der Waals surface area contributed by atoms with Crippen LogP contribution in [0.1, 0.15) is 25.5 Å². The Balaban J connectivity index is 2.50. The lowest BCUT2D eigenvalue weighted by atomic mass is 10.1. The molecular weight excluding hydrogens is 224 g/mol. The molecule has 0 bridgehead atoms. The van der Waals surface area contributed by atoms with Crippen LogP contribution in [-0.4, -0.2) is 19.9 Å². The summed E-state index contributed by atoms with van der Waals surface area (Å²) in [7, 11) is 0. The summed E-state index contributed by atoms with van der Waals surface area (Å²) >= 11 is 5.95. The van der Waals surface area contributed by atoms with Gasteiger partial charge < -0.3 is 0 Å². The molecule has 0 fully saturated rings. The van der Waals surface area contributed by atoms with Gasteiger partial charge >= 0.3 is 0 Å². The van der Waals surface area contributed by atoms with Crippen LogP contribution in [-0.2, 0) is 0 Å². The minimum atomic E-state index is 0.307. The van der Waals surface area contributed by atoms with Gasteiger partial charge in [0.05, 0.1) is 0 Å². The minimum Gasteiger partial charge on any atom is -0.245 e. The highest BCUT2D eigenvalue weighted by atomic mass is 35.5. The van der Waals surface area contributed by atoms with Gasteiger partial charge in [0.15, 0.2) is 5.82 Å². The molecule has 16 heavy (non-hydrogen) atoms. The van der Waals surface area contributed by atoms with Gasteiger partial charge in [0.2, 0.25) is 0 Å². The molecule has 0 unspecified atom stereocenters. The number of hydrogen-bond acceptors (Lipinski definition) is 4. The zero-order valence-corrected chi connectivity index (χ0v) is 9.81. The van der Waals surface area contributed by atoms with Crippen LogP contribution in [0.15, 0.2) is 24.7 Å². The molecule has 0 aliphatic heterocycles. The Morgan fingerprint density at radius 2 is 2.06 bits per heavy atom. The van der Waals surface area contributed by atoms with Crippen molar-refractivity contribution < 1.29 is 0 Å². The Hall–Kier alpha value is -1.55. The van der Waals surface area contributed by atoms with E-state index in [2.05, 4.69) is 33.8 Å². The third kappa shape index (κ3) is 2.33. The van der Waals surface area contributed by atoms with Crippen molar-refractivity contribution in [1.82, 2.24) is 19.9 Å². The molecule has 2 aromatic rings. The maximum absolute atomic E-state index is 5.95. The van der Waals surface area contributed by atoms with Gasteiger partial charge in [-0.2, -0.15) is 0 Å². The van der Waals surface area contributed by atoms with Crippen LogP contribution in [0.3, 0.4) is 0 Å². The van der Waals surface area contributed by atoms with E-state index in [-0.39, 0.29) is 0 Å². The lowest BCUT2D eigenvalue weighted by Crippen LogP contribution is -1.99. The number of hydrogen-bond donors (Lipinski definition) is 0. The normalized spacial score (nSPS) is 10.8. The predicted octanol–water partition coefficient (Wildman–Crippen LogP) is 2.71. The van der Waals surface area contributed by atoms with Crippen molar-refractivity contribution in [2.75, 3.05) is 0 Å². The molecule has 0 aromatic carbocycles. The van der Waals surface area contributed by atoms with E-state index >= 15 is 0 Å². The predicted molar refractivity (Wildman–Crippen MR) is 62.2 cm³/mol. The van der Waals surface area contributed by atoms with E-state index in [9.17, 15) is 0 Å². The van der Waals surface area contributed by atoms with Crippen LogP contribution in [0, 0.1) is 0 Å². The first-order valence-corrected chi connectivity index (χ1v) is 5.35. The number of nitrogens with zero attached hydrogens (tertiary/aromatic N) is 4. The van der Waals surface area contributed by atoms with Crippen LogP contribution in [0.4, 0.5) is 0 Å². The SMILES string of the molecule is CC(C)c1cc(Cl)nc(-c2ccncn2)n1. The topological polar surface area (TPSA) is 51.6 Å². The van der Waals surface area contributed by atoms with Crippen LogP contribution in [0.25, 0.3) is 11.5 Å². The van der Waals surface area contributed by atoms with Crippen LogP contribution in [0.5, 0.6) is 0 Å². The molecule has 82 valence electrons. The van der Waals surface area contributed by atoms with E-state index < -0.39 is 0 Å². The van der Waals surface area contributed by atoms with Crippen molar-refractivity contribution in [2.45, 2.75) is 19.8 Å². The van der Waals surface area contributed by atoms with E-state index in [4.69, 9.17) is 11.6 Å². The van der Waals surface area contributed by atoms with Crippen molar-refractivity contribution in [3.05, 3.63) is 35.5 Å². The second-order valence-corrected chi connectivity index (χ2v) is 4.08. The van der Waals surface area contributed by atoms with Crippen molar-refractivity contribution in [3.63, 3.8) is 0 Å². The van der Waals surface area contributed by atoms with Crippen molar-refractivity contribution in [1.29, 1.82) is 0 Å². The molecule has 5 heteroatoms. The standard InChI is InChI=1S/C11H11ClN4/c1-7(2)9-5-10(12)16-11(15-9)8-3-4-13-6-14-8/h3-7H,1-2H3. The van der Waals surface area contributed by atoms with Crippen LogP contribution >= 0.6 is 11.6 Å². The Morgan fingerprint density at radius 1 is 1.25 bits per heavy atom. The highest BCUT2D eigenvalue weighted by Crippen LogP contribution is 2.19. The Kier molecular flexibility index (Phi) is 3.10. The smallest absolute Gasteiger partial charge is 0.179 e. The van der Waals surface area contributed by atoms with E-state index in [1.54, 1.807) is 18.3 Å². The second-order valence-electron chi connectivity index (χ2n) is 3.69. The largest absolute Gasteiger partial charge is 0.245 e. The lowest BCUT2D eigenvalue weighted by Gasteiger charge is -2.06. The number of rotatable bonds is 2. The van der Waals surface area contributed by atoms with E-state index in [1.165, 1.54) is 6.33 Å². The summed E-state index contributed by atoms with van der Waals surface area (Å²) in [5, 5.41) is 0.437. The molecule has 0 aliphatic rings. The molecule has 0 N–H and O–H groups in total. The highest BCUT2D eigenvalue weighted by molar-refractivity contribution is 6.29. The molecule has 4 nitrogen and oxygen atoms in total. The number of aromatic nitrogens is 4. The van der Waals surface area contributed by atoms with Gasteiger partial charge in [0.25, 0.3) is 0 Å². The third-order valence-electron chi connectivity index (χ3n) is 2.12. The summed E-state index contributed by atoms with van der Waals surface area (Å²) in [6.07, 6.45) is 3.12. The highest BCUT2D eigenvalue weighted by Gasteiger charge is 2.08. The molecule has 0 saturated heterocycles. The molecule has 0 saturated carbocycles. The molecule has 0 spiro atoms. The fraction of sp³-hybridized carbons (Fsp3) is 0.273. The first-order chi connectivity index (χ1) is 7.66. The first kappa shape index (κ1) is 11.0. The summed E-state index contributed by atoms with van der Waals surface area (Å²) in [6, 6.07) is 3.53. The summed E-state index contributed by atoms with van der Waals surface area (Å²) in [4.78, 5) is 16.5. The van der Waals surface area contributed by atoms with E-state index in [0.29, 0.717) is 22.6 Å². The fourth-order valence-electron chi connectivity index (χ4n) is 1.27. The maximum Gasteiger partial charge on any atom is 0.179 e. The van der Waals surface area contributed by atoms with Gasteiger partial charge in [-0.15, -0.1) is 0 Å². The zero-order valence-electron chi connectivity index (χ0n) is 9.05. The zero-order chi connectivity index (χ0) is 11.5. The molecular formula is C11H11ClN4. The van der Waals surface area contributed by atoms with Gasteiger partial charge in [-0.25, -0.2) is 19.9 Å². The quantitative estimate of drug-likeness (QED) is 0.750. The Labute approximate surface area is 98.8 Å². The summed E-state index contributed by atoms with van der Waals surface area (Å²) < 4.78 is 0. The van der Waals surface area contributed by atoms with E-state index in [0.717, 1.165) is 5.69 Å². The van der Waals surface area contributed by atoms with Gasteiger partial charge in [-0.3, -0.25) is 0 Å². The lowest BCUT2D eigenvalue weighted by molar-refractivity contribution is 0.815. The molecule has 0 amide bonds. The minimum absolute atomic E-state index is 0.307. The summed E-state index contributed by atoms with van der Waals surface area (Å²) in [6.45, 7) is 4.12. The number of halogens is 1. The Morgan fingerprint density at radius 3 is 2.69 bits per heavy atom. The monoisotopic (exact) mass is 234 g/mol. The maximum atomic E-state index is 5.95. The van der Waals surface area contributed by atoms with Crippen LogP contribution < -0.4 is 0 Å². The van der Waals surface area contributed by atoms with E-state index in [1.807, 2.05) is 0 Å².